The summed E-state index contributed by atoms with van der Waals surface area (Å²) in [6, 6.07) is 0. The molecule has 1 fully saturated rings. The maximum atomic E-state index is 11.4. The summed E-state index contributed by atoms with van der Waals surface area (Å²) in [6.45, 7) is 5.43. The molecule has 2 unspecified atom stereocenters. The van der Waals surface area contributed by atoms with Crippen LogP contribution in [-0.2, 0) is 11.8 Å². The fourth-order valence-electron chi connectivity index (χ4n) is 2.79. The molecule has 2 atom stereocenters. The average molecular weight is 267 g/mol. The van der Waals surface area contributed by atoms with E-state index in [-0.39, 0.29) is 6.10 Å². The fraction of sp³-hybridized carbons (Fsp3) is 0.692. The summed E-state index contributed by atoms with van der Waals surface area (Å²) in [4.78, 5) is 13.5. The molecule has 1 aromatic heterocycles. The summed E-state index contributed by atoms with van der Waals surface area (Å²) in [6.07, 6.45) is 1.12. The quantitative estimate of drug-likeness (QED) is 0.893. The van der Waals surface area contributed by atoms with Crippen LogP contribution in [0.15, 0.2) is 0 Å². The lowest BCUT2D eigenvalue weighted by Crippen LogP contribution is -2.45. The SMILES string of the molecule is COC1CN(c2c(C(=O)O)c(C)nn2C)CCC1C. The average Bonchev–Trinajstić information content (AvgIpc) is 2.65. The van der Waals surface area contributed by atoms with Gasteiger partial charge in [0.2, 0.25) is 0 Å². The lowest BCUT2D eigenvalue weighted by Gasteiger charge is -2.37. The van der Waals surface area contributed by atoms with Crippen molar-refractivity contribution >= 4 is 11.8 Å². The van der Waals surface area contributed by atoms with E-state index in [0.717, 1.165) is 13.0 Å². The van der Waals surface area contributed by atoms with E-state index in [2.05, 4.69) is 16.9 Å². The van der Waals surface area contributed by atoms with Crippen molar-refractivity contribution in [1.82, 2.24) is 9.78 Å². The minimum atomic E-state index is -0.923. The zero-order chi connectivity index (χ0) is 14.2. The molecule has 2 rings (SSSR count). The van der Waals surface area contributed by atoms with Gasteiger partial charge in [-0.1, -0.05) is 6.92 Å². The Morgan fingerprint density at radius 2 is 2.21 bits per heavy atom. The molecule has 1 aliphatic heterocycles. The van der Waals surface area contributed by atoms with Gasteiger partial charge in [0, 0.05) is 27.2 Å². The molecule has 1 aliphatic rings. The van der Waals surface area contributed by atoms with Gasteiger partial charge in [0.15, 0.2) is 0 Å². The molecule has 1 N–H and O–H groups in total. The highest BCUT2D eigenvalue weighted by molar-refractivity contribution is 5.94. The third kappa shape index (κ3) is 2.45. The number of carboxylic acids is 1. The normalized spacial score (nSPS) is 23.7. The number of ether oxygens (including phenoxy) is 1. The molecule has 6 heteroatoms. The monoisotopic (exact) mass is 267 g/mol. The number of hydrogen-bond acceptors (Lipinski definition) is 4. The van der Waals surface area contributed by atoms with Crippen LogP contribution in [0.1, 0.15) is 29.4 Å². The van der Waals surface area contributed by atoms with E-state index in [1.54, 1.807) is 25.8 Å². The Bertz CT molecular complexity index is 484. The van der Waals surface area contributed by atoms with Gasteiger partial charge >= 0.3 is 5.97 Å². The van der Waals surface area contributed by atoms with E-state index in [0.29, 0.717) is 29.5 Å². The largest absolute Gasteiger partial charge is 0.477 e. The van der Waals surface area contributed by atoms with Crippen molar-refractivity contribution in [3.8, 4) is 0 Å². The smallest absolute Gasteiger partial charge is 0.341 e. The number of hydrogen-bond donors (Lipinski definition) is 1. The highest BCUT2D eigenvalue weighted by Crippen LogP contribution is 2.28. The molecule has 19 heavy (non-hydrogen) atoms. The van der Waals surface area contributed by atoms with Crippen molar-refractivity contribution in [1.29, 1.82) is 0 Å². The minimum absolute atomic E-state index is 0.130. The highest BCUT2D eigenvalue weighted by Gasteiger charge is 2.31. The Morgan fingerprint density at radius 3 is 2.79 bits per heavy atom. The molecular formula is C13H21N3O3. The molecule has 0 aromatic carbocycles. The second-order valence-electron chi connectivity index (χ2n) is 5.20. The van der Waals surface area contributed by atoms with Crippen molar-refractivity contribution in [2.45, 2.75) is 26.4 Å². The van der Waals surface area contributed by atoms with Gasteiger partial charge in [-0.2, -0.15) is 5.10 Å². The van der Waals surface area contributed by atoms with Crippen LogP contribution in [0.2, 0.25) is 0 Å². The van der Waals surface area contributed by atoms with Gasteiger partial charge < -0.3 is 14.7 Å². The number of aryl methyl sites for hydroxylation is 2. The zero-order valence-corrected chi connectivity index (χ0v) is 11.9. The molecule has 6 nitrogen and oxygen atoms in total. The number of piperidine rings is 1. The Morgan fingerprint density at radius 1 is 1.53 bits per heavy atom. The second kappa shape index (κ2) is 5.21. The van der Waals surface area contributed by atoms with Crippen LogP contribution in [0.25, 0.3) is 0 Å². The molecule has 1 aromatic rings. The van der Waals surface area contributed by atoms with Gasteiger partial charge in [0.25, 0.3) is 0 Å². The summed E-state index contributed by atoms with van der Waals surface area (Å²) in [5.74, 6) is 0.246. The van der Waals surface area contributed by atoms with Gasteiger partial charge in [-0.05, 0) is 19.3 Å². The first-order chi connectivity index (χ1) is 8.95. The van der Waals surface area contributed by atoms with E-state index in [1.165, 1.54) is 0 Å². The van der Waals surface area contributed by atoms with Crippen molar-refractivity contribution in [3.05, 3.63) is 11.3 Å². The number of aromatic carboxylic acids is 1. The summed E-state index contributed by atoms with van der Waals surface area (Å²) >= 11 is 0. The van der Waals surface area contributed by atoms with E-state index in [4.69, 9.17) is 4.74 Å². The summed E-state index contributed by atoms with van der Waals surface area (Å²) in [7, 11) is 3.49. The number of aromatic nitrogens is 2. The summed E-state index contributed by atoms with van der Waals surface area (Å²) < 4.78 is 7.14. The molecule has 0 amide bonds. The van der Waals surface area contributed by atoms with Crippen LogP contribution >= 0.6 is 0 Å². The van der Waals surface area contributed by atoms with Crippen LogP contribution in [0.4, 0.5) is 5.82 Å². The van der Waals surface area contributed by atoms with E-state index in [1.807, 2.05) is 0 Å². The first-order valence-corrected chi connectivity index (χ1v) is 6.50. The molecule has 0 radical (unpaired) electrons. The van der Waals surface area contributed by atoms with Gasteiger partial charge in [-0.15, -0.1) is 0 Å². The van der Waals surface area contributed by atoms with Crippen LogP contribution in [0, 0.1) is 12.8 Å². The predicted molar refractivity (Wildman–Crippen MR) is 71.7 cm³/mol. The Kier molecular flexibility index (Phi) is 3.80. The van der Waals surface area contributed by atoms with Crippen LogP contribution in [0.5, 0.6) is 0 Å². The van der Waals surface area contributed by atoms with Gasteiger partial charge in [0.1, 0.15) is 11.4 Å². The van der Waals surface area contributed by atoms with Crippen molar-refractivity contribution in [2.75, 3.05) is 25.1 Å². The van der Waals surface area contributed by atoms with Crippen molar-refractivity contribution < 1.29 is 14.6 Å². The first kappa shape index (κ1) is 13.9. The second-order valence-corrected chi connectivity index (χ2v) is 5.20. The summed E-state index contributed by atoms with van der Waals surface area (Å²) in [5.41, 5.74) is 0.851. The van der Waals surface area contributed by atoms with Gasteiger partial charge in [-0.25, -0.2) is 4.79 Å². The number of methoxy groups -OCH3 is 1. The third-order valence-corrected chi connectivity index (χ3v) is 3.90. The van der Waals surface area contributed by atoms with Gasteiger partial charge in [-0.3, -0.25) is 4.68 Å². The van der Waals surface area contributed by atoms with E-state index >= 15 is 0 Å². The molecule has 0 spiro atoms. The molecular weight excluding hydrogens is 246 g/mol. The molecule has 0 bridgehead atoms. The standard InChI is InChI=1S/C13H21N3O3/c1-8-5-6-16(7-10(8)19-4)12-11(13(17)18)9(2)14-15(12)3/h8,10H,5-7H2,1-4H3,(H,17,18). The lowest BCUT2D eigenvalue weighted by atomic mass is 9.95. The minimum Gasteiger partial charge on any atom is -0.477 e. The van der Waals surface area contributed by atoms with Crippen molar-refractivity contribution in [3.63, 3.8) is 0 Å². The maximum Gasteiger partial charge on any atom is 0.341 e. The zero-order valence-electron chi connectivity index (χ0n) is 11.9. The molecule has 0 saturated carbocycles. The molecule has 106 valence electrons. The predicted octanol–water partition coefficient (Wildman–Crippen LogP) is 1.29. The number of carboxylic acid groups (broad SMARTS) is 1. The number of nitrogens with zero attached hydrogens (tertiary/aromatic N) is 3. The Hall–Kier alpha value is -1.56. The van der Waals surface area contributed by atoms with Crippen LogP contribution in [0.3, 0.4) is 0 Å². The van der Waals surface area contributed by atoms with Gasteiger partial charge in [0.05, 0.1) is 11.8 Å². The fourth-order valence-corrected chi connectivity index (χ4v) is 2.79. The number of anilines is 1. The molecule has 0 aliphatic carbocycles. The first-order valence-electron chi connectivity index (χ1n) is 6.50. The van der Waals surface area contributed by atoms with Crippen LogP contribution < -0.4 is 4.90 Å². The van der Waals surface area contributed by atoms with Crippen LogP contribution in [-0.4, -0.2) is 47.2 Å². The topological polar surface area (TPSA) is 67.6 Å². The Balaban J connectivity index is 2.34. The van der Waals surface area contributed by atoms with Crippen molar-refractivity contribution in [2.24, 2.45) is 13.0 Å². The third-order valence-electron chi connectivity index (χ3n) is 3.90. The molecule has 1 saturated heterocycles. The summed E-state index contributed by atoms with van der Waals surface area (Å²) in [5, 5.41) is 13.6. The number of carbonyl (C=O) groups is 1. The number of rotatable bonds is 3. The van der Waals surface area contributed by atoms with E-state index < -0.39 is 5.97 Å². The highest BCUT2D eigenvalue weighted by atomic mass is 16.5. The molecule has 2 heterocycles. The Labute approximate surface area is 113 Å². The maximum absolute atomic E-state index is 11.4. The lowest BCUT2D eigenvalue weighted by molar-refractivity contribution is 0.0492. The van der Waals surface area contributed by atoms with E-state index in [9.17, 15) is 9.90 Å².